The third-order valence-corrected chi connectivity index (χ3v) is 5.37. The van der Waals surface area contributed by atoms with Crippen molar-refractivity contribution in [2.75, 3.05) is 18.0 Å². The summed E-state index contributed by atoms with van der Waals surface area (Å²) >= 11 is 0. The number of piperidine rings is 1. The Labute approximate surface area is 130 Å². The minimum atomic E-state index is -0.751. The summed E-state index contributed by atoms with van der Waals surface area (Å²) in [6, 6.07) is 6.32. The molecule has 1 fully saturated rings. The van der Waals surface area contributed by atoms with Crippen LogP contribution in [0.5, 0.6) is 0 Å². The van der Waals surface area contributed by atoms with Gasteiger partial charge in [0, 0.05) is 24.0 Å². The van der Waals surface area contributed by atoms with E-state index < -0.39 is 11.4 Å². The number of nitrogens with one attached hydrogen (secondary N) is 1. The van der Waals surface area contributed by atoms with Crippen molar-refractivity contribution in [3.63, 3.8) is 0 Å². The van der Waals surface area contributed by atoms with E-state index in [-0.39, 0.29) is 0 Å². The number of rotatable bonds is 3. The number of hydrogen-bond acceptors (Lipinski definition) is 2. The number of fused-ring (bicyclic) bond motifs is 3. The number of carboxylic acids is 1. The number of carbonyl (C=O) groups is 1. The van der Waals surface area contributed by atoms with Gasteiger partial charge in [-0.25, -0.2) is 0 Å². The standard InChI is InChI=1S/C18H22N2O2/c1-18(2,17(21)22)10-12-4-3-5-13-14-11-6-8-20(9-7-11)16(14)19-15(12)13/h3-5,11,19H,6-10H2,1-2H3,(H,21,22). The maximum atomic E-state index is 11.5. The predicted molar refractivity (Wildman–Crippen MR) is 87.6 cm³/mol. The van der Waals surface area contributed by atoms with Crippen molar-refractivity contribution in [2.45, 2.75) is 39.0 Å². The SMILES string of the molecule is CC(C)(Cc1cccc2c3c([nH]c12)N1CCC3CC1)C(=O)O. The molecule has 2 aromatic rings. The van der Waals surface area contributed by atoms with E-state index in [2.05, 4.69) is 28.1 Å². The maximum Gasteiger partial charge on any atom is 0.309 e. The molecular formula is C18H22N2O2. The molecule has 1 aromatic carbocycles. The lowest BCUT2D eigenvalue weighted by Crippen LogP contribution is -2.38. The molecular weight excluding hydrogens is 276 g/mol. The van der Waals surface area contributed by atoms with Crippen molar-refractivity contribution in [1.29, 1.82) is 0 Å². The maximum absolute atomic E-state index is 11.5. The fourth-order valence-electron chi connectivity index (χ4n) is 4.04. The van der Waals surface area contributed by atoms with Gasteiger partial charge in [-0.1, -0.05) is 18.2 Å². The summed E-state index contributed by atoms with van der Waals surface area (Å²) < 4.78 is 0. The van der Waals surface area contributed by atoms with E-state index in [1.54, 1.807) is 13.8 Å². The first-order valence-electron chi connectivity index (χ1n) is 8.09. The highest BCUT2D eigenvalue weighted by molar-refractivity contribution is 5.93. The van der Waals surface area contributed by atoms with Crippen LogP contribution >= 0.6 is 0 Å². The zero-order valence-corrected chi connectivity index (χ0v) is 13.1. The highest BCUT2D eigenvalue weighted by atomic mass is 16.4. The summed E-state index contributed by atoms with van der Waals surface area (Å²) in [5.74, 6) is 1.19. The Kier molecular flexibility index (Phi) is 2.80. The van der Waals surface area contributed by atoms with Gasteiger partial charge in [-0.2, -0.15) is 0 Å². The molecule has 3 aliphatic heterocycles. The van der Waals surface area contributed by atoms with Gasteiger partial charge in [0.05, 0.1) is 10.9 Å². The molecule has 22 heavy (non-hydrogen) atoms. The number of H-pyrrole nitrogens is 1. The fraction of sp³-hybridized carbons (Fsp3) is 0.500. The van der Waals surface area contributed by atoms with Gasteiger partial charge in [0.1, 0.15) is 5.82 Å². The third kappa shape index (κ3) is 1.86. The van der Waals surface area contributed by atoms with Gasteiger partial charge >= 0.3 is 5.97 Å². The molecule has 0 spiro atoms. The Balaban J connectivity index is 1.85. The van der Waals surface area contributed by atoms with Crippen molar-refractivity contribution >= 4 is 22.7 Å². The normalized spacial score (nSPS) is 18.0. The number of anilines is 1. The van der Waals surface area contributed by atoms with Crippen LogP contribution in [0.1, 0.15) is 43.7 Å². The Morgan fingerprint density at radius 1 is 1.36 bits per heavy atom. The molecule has 0 saturated carbocycles. The van der Waals surface area contributed by atoms with Gasteiger partial charge in [0.25, 0.3) is 0 Å². The van der Waals surface area contributed by atoms with Crippen LogP contribution in [0.15, 0.2) is 18.2 Å². The monoisotopic (exact) mass is 298 g/mol. The number of hydrogen-bond donors (Lipinski definition) is 2. The first-order valence-corrected chi connectivity index (χ1v) is 8.09. The van der Waals surface area contributed by atoms with Gasteiger partial charge < -0.3 is 15.0 Å². The van der Waals surface area contributed by atoms with Crippen LogP contribution in [0, 0.1) is 5.41 Å². The minimum absolute atomic E-state index is 0.545. The number of nitrogens with zero attached hydrogens (tertiary/aromatic N) is 1. The Hall–Kier alpha value is -1.97. The summed E-state index contributed by atoms with van der Waals surface area (Å²) in [4.78, 5) is 17.5. The molecule has 2 N–H and O–H groups in total. The molecule has 0 unspecified atom stereocenters. The van der Waals surface area contributed by atoms with Crippen molar-refractivity contribution in [1.82, 2.24) is 4.98 Å². The molecule has 5 rings (SSSR count). The van der Waals surface area contributed by atoms with Crippen LogP contribution in [0.25, 0.3) is 10.9 Å². The molecule has 116 valence electrons. The van der Waals surface area contributed by atoms with Crippen molar-refractivity contribution in [2.24, 2.45) is 5.41 Å². The first-order chi connectivity index (χ1) is 10.5. The lowest BCUT2D eigenvalue weighted by molar-refractivity contribution is -0.146. The number of para-hydroxylation sites is 1. The quantitative estimate of drug-likeness (QED) is 0.911. The fourth-order valence-corrected chi connectivity index (χ4v) is 4.04. The highest BCUT2D eigenvalue weighted by Crippen LogP contribution is 2.46. The Morgan fingerprint density at radius 3 is 2.77 bits per heavy atom. The largest absolute Gasteiger partial charge is 0.481 e. The van der Waals surface area contributed by atoms with Crippen molar-refractivity contribution in [3.05, 3.63) is 29.3 Å². The van der Waals surface area contributed by atoms with Crippen LogP contribution in [0.4, 0.5) is 5.82 Å². The molecule has 4 heterocycles. The summed E-state index contributed by atoms with van der Waals surface area (Å²) in [7, 11) is 0. The lowest BCUT2D eigenvalue weighted by atomic mass is 9.82. The van der Waals surface area contributed by atoms with Gasteiger partial charge in [-0.15, -0.1) is 0 Å². The van der Waals surface area contributed by atoms with Crippen molar-refractivity contribution < 1.29 is 9.90 Å². The van der Waals surface area contributed by atoms with Gasteiger partial charge in [-0.05, 0) is 44.6 Å². The van der Waals surface area contributed by atoms with E-state index in [0.717, 1.165) is 24.2 Å². The summed E-state index contributed by atoms with van der Waals surface area (Å²) in [5, 5.41) is 10.7. The second-order valence-electron chi connectivity index (χ2n) is 7.35. The van der Waals surface area contributed by atoms with Crippen LogP contribution in [-0.2, 0) is 11.2 Å². The summed E-state index contributed by atoms with van der Waals surface area (Å²) in [6.07, 6.45) is 3.03. The number of benzene rings is 1. The lowest BCUT2D eigenvalue weighted by Gasteiger charge is -2.40. The number of aromatic amines is 1. The van der Waals surface area contributed by atoms with Crippen LogP contribution in [-0.4, -0.2) is 29.1 Å². The Bertz CT molecular complexity index is 752. The summed E-state index contributed by atoms with van der Waals surface area (Å²) in [5.41, 5.74) is 2.96. The summed E-state index contributed by atoms with van der Waals surface area (Å²) in [6.45, 7) is 5.87. The molecule has 0 radical (unpaired) electrons. The van der Waals surface area contributed by atoms with E-state index in [1.807, 2.05) is 0 Å². The highest BCUT2D eigenvalue weighted by Gasteiger charge is 2.35. The first kappa shape index (κ1) is 13.7. The molecule has 4 nitrogen and oxygen atoms in total. The van der Waals surface area contributed by atoms with Crippen LogP contribution in [0.3, 0.4) is 0 Å². The minimum Gasteiger partial charge on any atom is -0.481 e. The van der Waals surface area contributed by atoms with Crippen molar-refractivity contribution in [3.8, 4) is 0 Å². The number of aromatic nitrogens is 1. The predicted octanol–water partition coefficient (Wildman–Crippen LogP) is 3.52. The number of carboxylic acid groups (broad SMARTS) is 1. The van der Waals surface area contributed by atoms with Gasteiger partial charge in [-0.3, -0.25) is 4.79 Å². The van der Waals surface area contributed by atoms with E-state index in [9.17, 15) is 9.90 Å². The molecule has 1 aromatic heterocycles. The molecule has 3 aliphatic rings. The second-order valence-corrected chi connectivity index (χ2v) is 7.35. The van der Waals surface area contributed by atoms with E-state index in [4.69, 9.17) is 0 Å². The topological polar surface area (TPSA) is 56.3 Å². The average molecular weight is 298 g/mol. The molecule has 2 bridgehead atoms. The zero-order chi connectivity index (χ0) is 15.5. The van der Waals surface area contributed by atoms with Crippen LogP contribution in [0.2, 0.25) is 0 Å². The molecule has 4 heteroatoms. The number of aliphatic carboxylic acids is 1. The second kappa shape index (κ2) is 4.51. The smallest absolute Gasteiger partial charge is 0.309 e. The molecule has 0 aliphatic carbocycles. The van der Waals surface area contributed by atoms with E-state index in [1.165, 1.54) is 29.6 Å². The third-order valence-electron chi connectivity index (χ3n) is 5.37. The molecule has 0 atom stereocenters. The molecule has 1 saturated heterocycles. The molecule has 0 amide bonds. The average Bonchev–Trinajstić information content (AvgIpc) is 2.91. The van der Waals surface area contributed by atoms with Gasteiger partial charge in [0.15, 0.2) is 0 Å². The van der Waals surface area contributed by atoms with Gasteiger partial charge in [0.2, 0.25) is 0 Å². The Morgan fingerprint density at radius 2 is 2.09 bits per heavy atom. The van der Waals surface area contributed by atoms with Crippen LogP contribution < -0.4 is 4.90 Å². The zero-order valence-electron chi connectivity index (χ0n) is 13.1. The van der Waals surface area contributed by atoms with E-state index >= 15 is 0 Å². The van der Waals surface area contributed by atoms with E-state index in [0.29, 0.717) is 12.3 Å².